The van der Waals surface area contributed by atoms with Gasteiger partial charge in [-0.2, -0.15) is 0 Å². The summed E-state index contributed by atoms with van der Waals surface area (Å²) in [6.07, 6.45) is 2.55. The summed E-state index contributed by atoms with van der Waals surface area (Å²) in [5, 5.41) is 14.3. The van der Waals surface area contributed by atoms with Gasteiger partial charge in [-0.15, -0.1) is 0 Å². The lowest BCUT2D eigenvalue weighted by atomic mass is 10.1. The van der Waals surface area contributed by atoms with E-state index in [9.17, 15) is 5.11 Å². The average Bonchev–Trinajstić information content (AvgIpc) is 3.28. The topological polar surface area (TPSA) is 57.2 Å². The van der Waals surface area contributed by atoms with Crippen molar-refractivity contribution in [1.29, 1.82) is 0 Å². The fraction of sp³-hybridized carbons (Fsp3) is 0.520. The van der Waals surface area contributed by atoms with E-state index in [-0.39, 0.29) is 0 Å². The molecule has 1 aliphatic heterocycles. The number of methoxy groups -OCH3 is 1. The Kier molecular flexibility index (Phi) is 8.58. The minimum absolute atomic E-state index is 0.522. The quantitative estimate of drug-likeness (QED) is 0.419. The Morgan fingerprint density at radius 3 is 2.65 bits per heavy atom. The van der Waals surface area contributed by atoms with Crippen molar-refractivity contribution in [2.75, 3.05) is 50.7 Å². The van der Waals surface area contributed by atoms with Gasteiger partial charge in [-0.25, -0.2) is 0 Å². The number of benzene rings is 2. The number of rotatable bonds is 11. The Hall–Kier alpha value is -2.28. The van der Waals surface area contributed by atoms with E-state index in [0.717, 1.165) is 61.5 Å². The Bertz CT molecular complexity index is 812. The fourth-order valence-corrected chi connectivity index (χ4v) is 4.02. The highest BCUT2D eigenvalue weighted by atomic mass is 16.5. The molecule has 2 aromatic carbocycles. The van der Waals surface area contributed by atoms with Crippen molar-refractivity contribution in [3.63, 3.8) is 0 Å². The predicted molar refractivity (Wildman–Crippen MR) is 127 cm³/mol. The van der Waals surface area contributed by atoms with Gasteiger partial charge in [0.1, 0.15) is 5.75 Å². The summed E-state index contributed by atoms with van der Waals surface area (Å²) >= 11 is 0. The number of nitrogens with zero attached hydrogens (tertiary/aromatic N) is 2. The molecule has 2 unspecified atom stereocenters. The van der Waals surface area contributed by atoms with Gasteiger partial charge in [0.15, 0.2) is 6.23 Å². The molecule has 1 aliphatic rings. The molecule has 2 aromatic rings. The molecule has 1 heterocycles. The number of aliphatic hydroxyl groups is 1. The van der Waals surface area contributed by atoms with Crippen molar-refractivity contribution in [2.24, 2.45) is 0 Å². The van der Waals surface area contributed by atoms with Crippen molar-refractivity contribution >= 4 is 11.4 Å². The first-order chi connectivity index (χ1) is 15.1. The van der Waals surface area contributed by atoms with Crippen LogP contribution in [0.15, 0.2) is 42.5 Å². The number of likely N-dealkylation sites (N-methyl/N-ethyl adjacent to an activating group) is 1. The van der Waals surface area contributed by atoms with Crippen LogP contribution in [0.25, 0.3) is 0 Å². The monoisotopic (exact) mass is 427 g/mol. The molecule has 6 nitrogen and oxygen atoms in total. The first kappa shape index (κ1) is 23.4. The Balaban J connectivity index is 1.72. The van der Waals surface area contributed by atoms with E-state index in [4.69, 9.17) is 9.47 Å². The van der Waals surface area contributed by atoms with Crippen molar-refractivity contribution < 1.29 is 14.6 Å². The number of hydrogen-bond acceptors (Lipinski definition) is 6. The summed E-state index contributed by atoms with van der Waals surface area (Å²) in [6.45, 7) is 5.44. The van der Waals surface area contributed by atoms with Crippen molar-refractivity contribution in [3.05, 3.63) is 53.6 Å². The van der Waals surface area contributed by atoms with Crippen LogP contribution in [-0.4, -0.2) is 52.0 Å². The van der Waals surface area contributed by atoms with Gasteiger partial charge < -0.3 is 29.7 Å². The first-order valence-electron chi connectivity index (χ1n) is 11.2. The number of unbranched alkanes of at least 4 members (excludes halogenated alkanes) is 1. The molecule has 0 amide bonds. The largest absolute Gasteiger partial charge is 0.494 e. The molecule has 6 heteroatoms. The third-order valence-electron chi connectivity index (χ3n) is 6.02. The minimum atomic E-state index is -0.744. The predicted octanol–water partition coefficient (Wildman–Crippen LogP) is 3.94. The van der Waals surface area contributed by atoms with Gasteiger partial charge in [-0.3, -0.25) is 0 Å². The molecule has 0 saturated carbocycles. The lowest BCUT2D eigenvalue weighted by Crippen LogP contribution is -2.30. The second-order valence-corrected chi connectivity index (χ2v) is 8.22. The Labute approximate surface area is 186 Å². The highest BCUT2D eigenvalue weighted by Crippen LogP contribution is 2.32. The molecular weight excluding hydrogens is 390 g/mol. The zero-order valence-corrected chi connectivity index (χ0v) is 19.3. The van der Waals surface area contributed by atoms with Gasteiger partial charge >= 0.3 is 0 Å². The highest BCUT2D eigenvalue weighted by molar-refractivity contribution is 5.62. The van der Waals surface area contributed by atoms with E-state index in [1.807, 2.05) is 43.3 Å². The normalized spacial score (nSPS) is 17.1. The molecular formula is C25H37N3O3. The van der Waals surface area contributed by atoms with Crippen LogP contribution in [0, 0.1) is 0 Å². The highest BCUT2D eigenvalue weighted by Gasteiger charge is 2.24. The molecule has 3 rings (SSSR count). The summed E-state index contributed by atoms with van der Waals surface area (Å²) < 4.78 is 11.2. The van der Waals surface area contributed by atoms with Crippen LogP contribution in [0.3, 0.4) is 0 Å². The molecule has 0 aliphatic carbocycles. The SMILES string of the molecule is CCCCOc1ccc(C(O)N(C)c2ccc(N3CCC(NC)C3)c(COC)c2)cc1. The zero-order chi connectivity index (χ0) is 22.2. The van der Waals surface area contributed by atoms with Crippen LogP contribution in [0.5, 0.6) is 5.75 Å². The molecule has 0 bridgehead atoms. The maximum atomic E-state index is 11.0. The molecule has 31 heavy (non-hydrogen) atoms. The van der Waals surface area contributed by atoms with Crippen LogP contribution < -0.4 is 19.9 Å². The van der Waals surface area contributed by atoms with Crippen LogP contribution >= 0.6 is 0 Å². The Morgan fingerprint density at radius 2 is 2.00 bits per heavy atom. The number of anilines is 2. The standard InChI is InChI=1S/C25H37N3O3/c1-5-6-15-31-23-10-7-19(8-11-23)25(29)27(3)22-9-12-24(20(16-22)18-30-4)28-14-13-21(17-28)26-2/h7-12,16,21,25-26,29H,5-6,13-15,17-18H2,1-4H3. The van der Waals surface area contributed by atoms with E-state index < -0.39 is 6.23 Å². The van der Waals surface area contributed by atoms with Gasteiger partial charge in [0, 0.05) is 55.8 Å². The summed E-state index contributed by atoms with van der Waals surface area (Å²) in [7, 11) is 5.65. The van der Waals surface area contributed by atoms with Crippen LogP contribution in [0.4, 0.5) is 11.4 Å². The van der Waals surface area contributed by atoms with E-state index in [2.05, 4.69) is 35.3 Å². The second kappa shape index (κ2) is 11.4. The number of ether oxygens (including phenoxy) is 2. The summed E-state index contributed by atoms with van der Waals surface area (Å²) in [5.74, 6) is 0.837. The minimum Gasteiger partial charge on any atom is -0.494 e. The summed E-state index contributed by atoms with van der Waals surface area (Å²) in [4.78, 5) is 4.29. The maximum absolute atomic E-state index is 11.0. The lowest BCUT2D eigenvalue weighted by Gasteiger charge is -2.28. The molecule has 0 radical (unpaired) electrons. The van der Waals surface area contributed by atoms with Gasteiger partial charge in [0.2, 0.25) is 0 Å². The first-order valence-corrected chi connectivity index (χ1v) is 11.2. The zero-order valence-electron chi connectivity index (χ0n) is 19.3. The van der Waals surface area contributed by atoms with E-state index in [1.165, 1.54) is 5.69 Å². The molecule has 2 N–H and O–H groups in total. The van der Waals surface area contributed by atoms with Crippen LogP contribution in [0.1, 0.15) is 43.5 Å². The van der Waals surface area contributed by atoms with E-state index in [0.29, 0.717) is 12.6 Å². The maximum Gasteiger partial charge on any atom is 0.153 e. The van der Waals surface area contributed by atoms with Crippen molar-refractivity contribution in [3.8, 4) is 5.75 Å². The summed E-state index contributed by atoms with van der Waals surface area (Å²) in [6, 6.07) is 14.6. The third kappa shape index (κ3) is 5.91. The van der Waals surface area contributed by atoms with Gasteiger partial charge in [0.05, 0.1) is 13.2 Å². The lowest BCUT2D eigenvalue weighted by molar-refractivity contribution is 0.177. The molecule has 2 atom stereocenters. The van der Waals surface area contributed by atoms with E-state index in [1.54, 1.807) is 7.11 Å². The second-order valence-electron chi connectivity index (χ2n) is 8.22. The average molecular weight is 428 g/mol. The molecule has 0 spiro atoms. The molecule has 1 fully saturated rings. The number of aliphatic hydroxyl groups excluding tert-OH is 1. The Morgan fingerprint density at radius 1 is 1.23 bits per heavy atom. The fourth-order valence-electron chi connectivity index (χ4n) is 4.02. The van der Waals surface area contributed by atoms with Crippen LogP contribution in [-0.2, 0) is 11.3 Å². The van der Waals surface area contributed by atoms with Crippen LogP contribution in [0.2, 0.25) is 0 Å². The third-order valence-corrected chi connectivity index (χ3v) is 6.02. The molecule has 1 saturated heterocycles. The molecule has 170 valence electrons. The number of nitrogens with one attached hydrogen (secondary N) is 1. The number of hydrogen-bond donors (Lipinski definition) is 2. The van der Waals surface area contributed by atoms with Gasteiger partial charge in [0.25, 0.3) is 0 Å². The van der Waals surface area contributed by atoms with E-state index >= 15 is 0 Å². The molecule has 0 aromatic heterocycles. The van der Waals surface area contributed by atoms with Crippen molar-refractivity contribution in [1.82, 2.24) is 5.32 Å². The summed E-state index contributed by atoms with van der Waals surface area (Å²) in [5.41, 5.74) is 4.13. The smallest absolute Gasteiger partial charge is 0.153 e. The van der Waals surface area contributed by atoms with Gasteiger partial charge in [-0.1, -0.05) is 25.5 Å². The van der Waals surface area contributed by atoms with Gasteiger partial charge in [-0.05, 0) is 50.2 Å². The van der Waals surface area contributed by atoms with Crippen molar-refractivity contribution in [2.45, 2.75) is 45.1 Å².